The van der Waals surface area contributed by atoms with Crippen LogP contribution in [0, 0.1) is 19.7 Å². The molecule has 0 radical (unpaired) electrons. The van der Waals surface area contributed by atoms with E-state index in [0.717, 1.165) is 11.1 Å². The van der Waals surface area contributed by atoms with E-state index < -0.39 is 17.2 Å². The monoisotopic (exact) mass is 383 g/mol. The minimum Gasteiger partial charge on any atom is -0.497 e. The van der Waals surface area contributed by atoms with Crippen molar-refractivity contribution in [3.8, 4) is 5.75 Å². The van der Waals surface area contributed by atoms with Crippen molar-refractivity contribution in [2.24, 2.45) is 0 Å². The van der Waals surface area contributed by atoms with E-state index in [1.54, 1.807) is 55.9 Å². The van der Waals surface area contributed by atoms with Crippen LogP contribution in [-0.2, 0) is 17.9 Å². The lowest BCUT2D eigenvalue weighted by atomic mass is 10.0. The quantitative estimate of drug-likeness (QED) is 0.621. The minimum atomic E-state index is -0.775. The molecular formula is C22H22FNO4. The van der Waals surface area contributed by atoms with E-state index in [4.69, 9.17) is 9.47 Å². The van der Waals surface area contributed by atoms with Crippen LogP contribution >= 0.6 is 0 Å². The van der Waals surface area contributed by atoms with Crippen LogP contribution in [0.3, 0.4) is 0 Å². The predicted molar refractivity (Wildman–Crippen MR) is 105 cm³/mol. The number of halogens is 1. The molecule has 0 atom stereocenters. The van der Waals surface area contributed by atoms with Gasteiger partial charge in [-0.2, -0.15) is 0 Å². The number of hydrogen-bond donors (Lipinski definition) is 0. The number of methoxy groups -OCH3 is 1. The summed E-state index contributed by atoms with van der Waals surface area (Å²) >= 11 is 0. The molecule has 0 saturated carbocycles. The second-order valence-corrected chi connectivity index (χ2v) is 6.61. The highest BCUT2D eigenvalue weighted by atomic mass is 19.1. The summed E-state index contributed by atoms with van der Waals surface area (Å²) in [6.07, 6.45) is 1.44. The maximum atomic E-state index is 14.8. The molecule has 0 aliphatic rings. The predicted octanol–water partition coefficient (Wildman–Crippen LogP) is 4.14. The first kappa shape index (κ1) is 19.6. The highest BCUT2D eigenvalue weighted by Gasteiger charge is 2.20. The van der Waals surface area contributed by atoms with Gasteiger partial charge in [-0.05, 0) is 55.7 Å². The molecule has 0 aliphatic carbocycles. The molecule has 3 aromatic rings. The largest absolute Gasteiger partial charge is 0.497 e. The van der Waals surface area contributed by atoms with Gasteiger partial charge in [0.15, 0.2) is 0 Å². The van der Waals surface area contributed by atoms with Crippen LogP contribution in [0.25, 0.3) is 10.9 Å². The SMILES string of the molecule is CCn1cc(C(=O)OCc2ccc(OC)cc2)c(=O)c2c(F)c(C)c(C)cc21. The molecule has 28 heavy (non-hydrogen) atoms. The van der Waals surface area contributed by atoms with Crippen molar-refractivity contribution in [3.63, 3.8) is 0 Å². The van der Waals surface area contributed by atoms with Crippen LogP contribution in [0.1, 0.15) is 34.0 Å². The van der Waals surface area contributed by atoms with Gasteiger partial charge in [0.2, 0.25) is 5.43 Å². The Hall–Kier alpha value is -3.15. The number of pyridine rings is 1. The summed E-state index contributed by atoms with van der Waals surface area (Å²) in [4.78, 5) is 25.4. The molecule has 0 amide bonds. The summed E-state index contributed by atoms with van der Waals surface area (Å²) < 4.78 is 26.9. The van der Waals surface area contributed by atoms with Crippen LogP contribution < -0.4 is 10.2 Å². The number of benzene rings is 2. The number of aryl methyl sites for hydroxylation is 2. The van der Waals surface area contributed by atoms with Crippen molar-refractivity contribution in [1.29, 1.82) is 0 Å². The second kappa shape index (κ2) is 7.84. The first-order chi connectivity index (χ1) is 13.4. The number of nitrogens with zero attached hydrogens (tertiary/aromatic N) is 1. The third-order valence-electron chi connectivity index (χ3n) is 4.91. The van der Waals surface area contributed by atoms with E-state index in [-0.39, 0.29) is 17.6 Å². The molecule has 0 aliphatic heterocycles. The zero-order valence-corrected chi connectivity index (χ0v) is 16.3. The van der Waals surface area contributed by atoms with Crippen molar-refractivity contribution >= 4 is 16.9 Å². The Morgan fingerprint density at radius 1 is 1.18 bits per heavy atom. The lowest BCUT2D eigenvalue weighted by molar-refractivity contribution is 0.0470. The van der Waals surface area contributed by atoms with Gasteiger partial charge in [-0.25, -0.2) is 9.18 Å². The average Bonchev–Trinajstić information content (AvgIpc) is 2.70. The van der Waals surface area contributed by atoms with Crippen LogP contribution in [0.2, 0.25) is 0 Å². The molecule has 1 aromatic heterocycles. The highest BCUT2D eigenvalue weighted by molar-refractivity contribution is 5.94. The first-order valence-electron chi connectivity index (χ1n) is 9.00. The summed E-state index contributed by atoms with van der Waals surface area (Å²) in [6.45, 7) is 5.76. The third-order valence-corrected chi connectivity index (χ3v) is 4.91. The van der Waals surface area contributed by atoms with E-state index in [2.05, 4.69) is 0 Å². The fourth-order valence-corrected chi connectivity index (χ4v) is 3.08. The second-order valence-electron chi connectivity index (χ2n) is 6.61. The van der Waals surface area contributed by atoms with Gasteiger partial charge in [-0.15, -0.1) is 0 Å². The first-order valence-corrected chi connectivity index (χ1v) is 9.00. The molecule has 5 nitrogen and oxygen atoms in total. The lowest BCUT2D eigenvalue weighted by Gasteiger charge is -2.14. The Bertz CT molecular complexity index is 1100. The molecular weight excluding hydrogens is 361 g/mol. The van der Waals surface area contributed by atoms with E-state index in [9.17, 15) is 14.0 Å². The highest BCUT2D eigenvalue weighted by Crippen LogP contribution is 2.23. The minimum absolute atomic E-state index is 0.00182. The van der Waals surface area contributed by atoms with Crippen LogP contribution in [-0.4, -0.2) is 17.6 Å². The number of aromatic nitrogens is 1. The molecule has 3 rings (SSSR count). The Balaban J connectivity index is 1.98. The van der Waals surface area contributed by atoms with Gasteiger partial charge in [-0.1, -0.05) is 12.1 Å². The Morgan fingerprint density at radius 3 is 2.46 bits per heavy atom. The van der Waals surface area contributed by atoms with Gasteiger partial charge in [-0.3, -0.25) is 4.79 Å². The number of fused-ring (bicyclic) bond motifs is 1. The number of esters is 1. The normalized spacial score (nSPS) is 10.9. The van der Waals surface area contributed by atoms with Gasteiger partial charge in [0.05, 0.1) is 18.0 Å². The average molecular weight is 383 g/mol. The smallest absolute Gasteiger partial charge is 0.344 e. The summed E-state index contributed by atoms with van der Waals surface area (Å²) in [5.74, 6) is -0.675. The van der Waals surface area contributed by atoms with Gasteiger partial charge < -0.3 is 14.0 Å². The molecule has 0 fully saturated rings. The number of carbonyl (C=O) groups is 1. The van der Waals surface area contributed by atoms with Crippen molar-refractivity contribution in [2.45, 2.75) is 33.9 Å². The van der Waals surface area contributed by atoms with Crippen LogP contribution in [0.4, 0.5) is 4.39 Å². The summed E-state index contributed by atoms with van der Waals surface area (Å²) in [6, 6.07) is 8.81. The Morgan fingerprint density at radius 2 is 1.86 bits per heavy atom. The fourth-order valence-electron chi connectivity index (χ4n) is 3.08. The van der Waals surface area contributed by atoms with Crippen LogP contribution in [0.5, 0.6) is 5.75 Å². The molecule has 0 saturated heterocycles. The molecule has 6 heteroatoms. The zero-order chi connectivity index (χ0) is 20.4. The topological polar surface area (TPSA) is 57.5 Å². The van der Waals surface area contributed by atoms with Gasteiger partial charge in [0, 0.05) is 12.7 Å². The summed E-state index contributed by atoms with van der Waals surface area (Å²) in [5, 5.41) is -0.0798. The maximum absolute atomic E-state index is 14.8. The van der Waals surface area contributed by atoms with Crippen LogP contribution in [0.15, 0.2) is 41.3 Å². The standard InChI is InChI=1S/C22H22FNO4/c1-5-24-11-17(21(25)19-18(24)10-13(2)14(3)20(19)23)22(26)28-12-15-6-8-16(27-4)9-7-15/h6-11H,5,12H2,1-4H3. The van der Waals surface area contributed by atoms with E-state index in [0.29, 0.717) is 23.4 Å². The third kappa shape index (κ3) is 3.50. The van der Waals surface area contributed by atoms with Crippen molar-refractivity contribution in [2.75, 3.05) is 7.11 Å². The molecule has 0 bridgehead atoms. The molecule has 0 N–H and O–H groups in total. The lowest BCUT2D eigenvalue weighted by Crippen LogP contribution is -2.22. The fraction of sp³-hybridized carbons (Fsp3) is 0.273. The van der Waals surface area contributed by atoms with Gasteiger partial charge in [0.25, 0.3) is 0 Å². The molecule has 0 unspecified atom stereocenters. The van der Waals surface area contributed by atoms with Crippen molar-refractivity contribution < 1.29 is 18.7 Å². The van der Waals surface area contributed by atoms with Gasteiger partial charge >= 0.3 is 5.97 Å². The summed E-state index contributed by atoms with van der Waals surface area (Å²) in [5.41, 5.74) is 1.55. The van der Waals surface area contributed by atoms with Crippen molar-refractivity contribution in [3.05, 3.63) is 74.8 Å². The molecule has 1 heterocycles. The maximum Gasteiger partial charge on any atom is 0.344 e. The van der Waals surface area contributed by atoms with E-state index in [1.165, 1.54) is 6.20 Å². The van der Waals surface area contributed by atoms with Gasteiger partial charge in [0.1, 0.15) is 23.7 Å². The number of rotatable bonds is 5. The number of carbonyl (C=O) groups excluding carboxylic acids is 1. The molecule has 2 aromatic carbocycles. The molecule has 0 spiro atoms. The number of ether oxygens (including phenoxy) is 2. The van der Waals surface area contributed by atoms with E-state index >= 15 is 0 Å². The Labute approximate surface area is 162 Å². The zero-order valence-electron chi connectivity index (χ0n) is 16.3. The Kier molecular flexibility index (Phi) is 5.49. The van der Waals surface area contributed by atoms with Crippen molar-refractivity contribution in [1.82, 2.24) is 4.57 Å². The molecule has 146 valence electrons. The van der Waals surface area contributed by atoms with E-state index in [1.807, 2.05) is 6.92 Å². The summed E-state index contributed by atoms with van der Waals surface area (Å²) in [7, 11) is 1.57. The number of hydrogen-bond acceptors (Lipinski definition) is 4.